The number of carbonyl (C=O) groups is 1. The van der Waals surface area contributed by atoms with Crippen molar-refractivity contribution in [3.8, 4) is 11.5 Å². The molecular weight excluding hydrogens is 388 g/mol. The molecule has 1 N–H and O–H groups in total. The molecule has 29 heavy (non-hydrogen) atoms. The molecule has 8 heteroatoms. The molecule has 0 saturated heterocycles. The molecule has 0 unspecified atom stereocenters. The molecule has 0 aliphatic heterocycles. The number of methoxy groups -OCH3 is 1. The van der Waals surface area contributed by atoms with E-state index in [-0.39, 0.29) is 18.3 Å². The average Bonchev–Trinajstić information content (AvgIpc) is 3.13. The Hall–Kier alpha value is -3.26. The summed E-state index contributed by atoms with van der Waals surface area (Å²) in [6, 6.07) is 16.7. The molecule has 7 nitrogen and oxygen atoms in total. The molecule has 0 bridgehead atoms. The van der Waals surface area contributed by atoms with E-state index in [2.05, 4.69) is 22.1 Å². The Bertz CT molecular complexity index is 960. The maximum atomic E-state index is 12.3. The number of nitrogens with zero attached hydrogens (tertiary/aromatic N) is 3. The molecule has 2 aromatic carbocycles. The largest absolute Gasteiger partial charge is 0.497 e. The van der Waals surface area contributed by atoms with Gasteiger partial charge in [-0.2, -0.15) is 0 Å². The van der Waals surface area contributed by atoms with E-state index >= 15 is 0 Å². The lowest BCUT2D eigenvalue weighted by molar-refractivity contribution is -0.113. The molecule has 0 atom stereocenters. The van der Waals surface area contributed by atoms with Gasteiger partial charge < -0.3 is 14.8 Å². The number of hydrogen-bond acceptors (Lipinski definition) is 6. The minimum absolute atomic E-state index is 0.140. The number of anilines is 1. The van der Waals surface area contributed by atoms with Crippen molar-refractivity contribution in [1.82, 2.24) is 14.8 Å². The molecule has 150 valence electrons. The van der Waals surface area contributed by atoms with Crippen molar-refractivity contribution in [3.05, 3.63) is 73.1 Å². The van der Waals surface area contributed by atoms with E-state index in [1.165, 1.54) is 11.8 Å². The van der Waals surface area contributed by atoms with Crippen molar-refractivity contribution >= 4 is 23.4 Å². The Morgan fingerprint density at radius 1 is 1.17 bits per heavy atom. The van der Waals surface area contributed by atoms with Crippen molar-refractivity contribution in [2.75, 3.05) is 18.2 Å². The Kier molecular flexibility index (Phi) is 7.29. The molecule has 1 heterocycles. The summed E-state index contributed by atoms with van der Waals surface area (Å²) in [6.07, 6.45) is 1.76. The number of thioether (sulfide) groups is 1. The highest BCUT2D eigenvalue weighted by Crippen LogP contribution is 2.20. The van der Waals surface area contributed by atoms with Crippen LogP contribution in [-0.4, -0.2) is 33.5 Å². The lowest BCUT2D eigenvalue weighted by atomic mass is 10.3. The highest BCUT2D eigenvalue weighted by Gasteiger charge is 2.14. The van der Waals surface area contributed by atoms with Crippen molar-refractivity contribution in [2.45, 2.75) is 18.3 Å². The molecule has 0 fully saturated rings. The number of hydrogen-bond donors (Lipinski definition) is 1. The second-order valence-electron chi connectivity index (χ2n) is 5.97. The summed E-state index contributed by atoms with van der Waals surface area (Å²) in [5.74, 6) is 2.17. The maximum absolute atomic E-state index is 12.3. The number of nitrogens with one attached hydrogen (secondary N) is 1. The Morgan fingerprint density at radius 2 is 1.97 bits per heavy atom. The summed E-state index contributed by atoms with van der Waals surface area (Å²) in [4.78, 5) is 12.3. The summed E-state index contributed by atoms with van der Waals surface area (Å²) in [7, 11) is 1.59. The van der Waals surface area contributed by atoms with Gasteiger partial charge in [0.1, 0.15) is 18.1 Å². The second kappa shape index (κ2) is 10.3. The van der Waals surface area contributed by atoms with Crippen molar-refractivity contribution in [1.29, 1.82) is 0 Å². The summed E-state index contributed by atoms with van der Waals surface area (Å²) >= 11 is 1.31. The quantitative estimate of drug-likeness (QED) is 0.405. The third-order valence-electron chi connectivity index (χ3n) is 3.90. The van der Waals surface area contributed by atoms with Gasteiger partial charge in [-0.3, -0.25) is 9.36 Å². The number of allylic oxidation sites excluding steroid dienone is 1. The Balaban J connectivity index is 1.60. The number of rotatable bonds is 10. The molecule has 0 radical (unpaired) electrons. The number of aromatic nitrogens is 3. The molecule has 1 amide bonds. The van der Waals surface area contributed by atoms with E-state index in [1.807, 2.05) is 53.1 Å². The van der Waals surface area contributed by atoms with Crippen LogP contribution in [0, 0.1) is 0 Å². The number of carbonyl (C=O) groups excluding carboxylic acids is 1. The molecule has 1 aromatic heterocycles. The predicted octanol–water partition coefficient (Wildman–Crippen LogP) is 3.78. The van der Waals surface area contributed by atoms with E-state index in [0.717, 1.165) is 5.75 Å². The van der Waals surface area contributed by atoms with Gasteiger partial charge in [-0.15, -0.1) is 16.8 Å². The molecule has 3 rings (SSSR count). The van der Waals surface area contributed by atoms with Gasteiger partial charge in [0.05, 0.1) is 12.9 Å². The van der Waals surface area contributed by atoms with Gasteiger partial charge in [0.2, 0.25) is 5.91 Å². The zero-order valence-corrected chi connectivity index (χ0v) is 16.9. The fourth-order valence-electron chi connectivity index (χ4n) is 2.54. The lowest BCUT2D eigenvalue weighted by Gasteiger charge is -2.09. The topological polar surface area (TPSA) is 78.3 Å². The van der Waals surface area contributed by atoms with Crippen LogP contribution in [0.5, 0.6) is 11.5 Å². The molecule has 0 aliphatic carbocycles. The van der Waals surface area contributed by atoms with Crippen LogP contribution in [0.25, 0.3) is 0 Å². The van der Waals surface area contributed by atoms with Crippen LogP contribution in [0.1, 0.15) is 5.82 Å². The van der Waals surface area contributed by atoms with E-state index < -0.39 is 0 Å². The van der Waals surface area contributed by atoms with Crippen LogP contribution < -0.4 is 14.8 Å². The smallest absolute Gasteiger partial charge is 0.234 e. The van der Waals surface area contributed by atoms with Crippen LogP contribution in [0.3, 0.4) is 0 Å². The SMILES string of the molecule is C=CCn1c(COc2ccccc2)nnc1SCC(=O)Nc1cccc(OC)c1. The number of amides is 1. The number of ether oxygens (including phenoxy) is 2. The van der Waals surface area contributed by atoms with Gasteiger partial charge in [0.15, 0.2) is 11.0 Å². The van der Waals surface area contributed by atoms with E-state index in [9.17, 15) is 4.79 Å². The summed E-state index contributed by atoms with van der Waals surface area (Å²) in [6.45, 7) is 4.59. The fraction of sp³-hybridized carbons (Fsp3) is 0.190. The molecule has 3 aromatic rings. The first-order valence-electron chi connectivity index (χ1n) is 8.97. The average molecular weight is 410 g/mol. The van der Waals surface area contributed by atoms with E-state index in [1.54, 1.807) is 19.3 Å². The van der Waals surface area contributed by atoms with Crippen molar-refractivity contribution in [3.63, 3.8) is 0 Å². The van der Waals surface area contributed by atoms with Crippen molar-refractivity contribution in [2.24, 2.45) is 0 Å². The first kappa shape index (κ1) is 20.5. The summed E-state index contributed by atoms with van der Waals surface area (Å²) in [5, 5.41) is 11.9. The number of benzene rings is 2. The zero-order valence-electron chi connectivity index (χ0n) is 16.1. The highest BCUT2D eigenvalue weighted by molar-refractivity contribution is 7.99. The van der Waals surface area contributed by atoms with Gasteiger partial charge in [0, 0.05) is 18.3 Å². The van der Waals surface area contributed by atoms with Crippen LogP contribution in [0.4, 0.5) is 5.69 Å². The van der Waals surface area contributed by atoms with Gasteiger partial charge >= 0.3 is 0 Å². The van der Waals surface area contributed by atoms with Crippen molar-refractivity contribution < 1.29 is 14.3 Å². The van der Waals surface area contributed by atoms with Crippen LogP contribution in [0.2, 0.25) is 0 Å². The molecular formula is C21H22N4O3S. The van der Waals surface area contributed by atoms with Crippen LogP contribution in [0.15, 0.2) is 72.4 Å². The second-order valence-corrected chi connectivity index (χ2v) is 6.91. The summed E-state index contributed by atoms with van der Waals surface area (Å²) < 4.78 is 12.8. The maximum Gasteiger partial charge on any atom is 0.234 e. The molecule has 0 aliphatic rings. The van der Waals surface area contributed by atoms with Gasteiger partial charge in [0.25, 0.3) is 0 Å². The number of para-hydroxylation sites is 1. The lowest BCUT2D eigenvalue weighted by Crippen LogP contribution is -2.15. The normalized spacial score (nSPS) is 10.4. The Labute approximate surface area is 173 Å². The first-order valence-corrected chi connectivity index (χ1v) is 9.95. The Morgan fingerprint density at radius 3 is 2.72 bits per heavy atom. The first-order chi connectivity index (χ1) is 14.2. The molecule has 0 spiro atoms. The highest BCUT2D eigenvalue weighted by atomic mass is 32.2. The summed E-state index contributed by atoms with van der Waals surface area (Å²) in [5.41, 5.74) is 0.680. The third kappa shape index (κ3) is 5.86. The van der Waals surface area contributed by atoms with Gasteiger partial charge in [-0.25, -0.2) is 0 Å². The standard InChI is InChI=1S/C21H22N4O3S/c1-3-12-25-19(14-28-17-9-5-4-6-10-17)23-24-21(25)29-15-20(26)22-16-8-7-11-18(13-16)27-2/h3-11,13H,1,12,14-15H2,2H3,(H,22,26). The molecule has 0 saturated carbocycles. The third-order valence-corrected chi connectivity index (χ3v) is 4.87. The van der Waals surface area contributed by atoms with Gasteiger partial charge in [-0.1, -0.05) is 42.1 Å². The zero-order chi connectivity index (χ0) is 20.5. The van der Waals surface area contributed by atoms with Gasteiger partial charge in [-0.05, 0) is 24.3 Å². The van der Waals surface area contributed by atoms with Crippen LogP contribution >= 0.6 is 11.8 Å². The minimum atomic E-state index is -0.140. The fourth-order valence-corrected chi connectivity index (χ4v) is 3.30. The van der Waals surface area contributed by atoms with Crippen LogP contribution in [-0.2, 0) is 17.9 Å². The predicted molar refractivity (Wildman–Crippen MR) is 113 cm³/mol. The minimum Gasteiger partial charge on any atom is -0.497 e. The monoisotopic (exact) mass is 410 g/mol. The van der Waals surface area contributed by atoms with E-state index in [0.29, 0.717) is 29.0 Å². The van der Waals surface area contributed by atoms with E-state index in [4.69, 9.17) is 9.47 Å².